The van der Waals surface area contributed by atoms with Gasteiger partial charge >= 0.3 is 0 Å². The van der Waals surface area contributed by atoms with Crippen molar-refractivity contribution in [2.24, 2.45) is 0 Å². The Balaban J connectivity index is 1.82. The summed E-state index contributed by atoms with van der Waals surface area (Å²) in [4.78, 5) is 36.7. The number of carbonyl (C=O) groups is 1. The Morgan fingerprint density at radius 2 is 2.04 bits per heavy atom. The molecule has 1 unspecified atom stereocenters. The fraction of sp³-hybridized carbons (Fsp3) is 0.100. The highest BCUT2D eigenvalue weighted by Gasteiger charge is 2.45. The maximum absolute atomic E-state index is 13.3. The van der Waals surface area contributed by atoms with Gasteiger partial charge in [0, 0.05) is 23.8 Å². The second kappa shape index (κ2) is 6.28. The number of methoxy groups -OCH3 is 1. The van der Waals surface area contributed by atoms with E-state index in [2.05, 4.69) is 9.97 Å². The Hall–Kier alpha value is -3.52. The third-order valence-electron chi connectivity index (χ3n) is 4.67. The first-order valence-corrected chi connectivity index (χ1v) is 9.35. The fourth-order valence-electron chi connectivity index (χ4n) is 3.43. The Labute approximate surface area is 162 Å². The SMILES string of the molecule is COc1ccc2c(=O)c3c(oc2c1)C(=O)N(c1nccs1)C3c1ccccn1. The summed E-state index contributed by atoms with van der Waals surface area (Å²) in [5, 5.41) is 2.64. The summed E-state index contributed by atoms with van der Waals surface area (Å²) >= 11 is 1.31. The molecule has 0 N–H and O–H groups in total. The number of nitrogens with zero attached hydrogens (tertiary/aromatic N) is 3. The predicted octanol–water partition coefficient (Wildman–Crippen LogP) is 3.40. The molecule has 0 saturated carbocycles. The van der Waals surface area contributed by atoms with E-state index >= 15 is 0 Å². The lowest BCUT2D eigenvalue weighted by Gasteiger charge is -2.21. The van der Waals surface area contributed by atoms with E-state index in [0.717, 1.165) is 0 Å². The van der Waals surface area contributed by atoms with Crippen molar-refractivity contribution in [1.29, 1.82) is 0 Å². The topological polar surface area (TPSA) is 85.5 Å². The summed E-state index contributed by atoms with van der Waals surface area (Å²) in [6.45, 7) is 0. The van der Waals surface area contributed by atoms with Crippen LogP contribution in [0.1, 0.15) is 27.9 Å². The van der Waals surface area contributed by atoms with E-state index in [9.17, 15) is 9.59 Å². The Morgan fingerprint density at radius 1 is 1.14 bits per heavy atom. The number of pyridine rings is 1. The van der Waals surface area contributed by atoms with Gasteiger partial charge in [0.25, 0.3) is 5.91 Å². The standard InChI is InChI=1S/C20H13N3O4S/c1-26-11-5-6-12-14(10-11)27-18-15(17(12)24)16(13-4-2-3-7-21-13)23(19(18)25)20-22-8-9-28-20/h2-10,16H,1H3. The number of ether oxygens (including phenoxy) is 1. The molecule has 138 valence electrons. The summed E-state index contributed by atoms with van der Waals surface area (Å²) < 4.78 is 11.1. The highest BCUT2D eigenvalue weighted by Crippen LogP contribution is 2.41. The lowest BCUT2D eigenvalue weighted by atomic mass is 10.0. The van der Waals surface area contributed by atoms with Crippen molar-refractivity contribution in [1.82, 2.24) is 9.97 Å². The van der Waals surface area contributed by atoms with Gasteiger partial charge in [-0.15, -0.1) is 11.3 Å². The molecule has 5 rings (SSSR count). The average molecular weight is 391 g/mol. The monoisotopic (exact) mass is 391 g/mol. The fourth-order valence-corrected chi connectivity index (χ4v) is 4.09. The first-order valence-electron chi connectivity index (χ1n) is 8.48. The molecule has 4 heterocycles. The van der Waals surface area contributed by atoms with Crippen LogP contribution in [0.2, 0.25) is 0 Å². The van der Waals surface area contributed by atoms with Crippen LogP contribution in [0.4, 0.5) is 5.13 Å². The van der Waals surface area contributed by atoms with E-state index in [1.54, 1.807) is 48.1 Å². The van der Waals surface area contributed by atoms with Gasteiger partial charge in [-0.3, -0.25) is 19.5 Å². The lowest BCUT2D eigenvalue weighted by molar-refractivity contribution is 0.0970. The maximum atomic E-state index is 13.3. The molecule has 1 aliphatic rings. The van der Waals surface area contributed by atoms with Crippen LogP contribution in [0.3, 0.4) is 0 Å². The first-order chi connectivity index (χ1) is 13.7. The third kappa shape index (κ3) is 2.35. The number of thiazole rings is 1. The number of anilines is 1. The van der Waals surface area contributed by atoms with Crippen LogP contribution in [0, 0.1) is 0 Å². The van der Waals surface area contributed by atoms with E-state index in [0.29, 0.717) is 27.5 Å². The lowest BCUT2D eigenvalue weighted by Crippen LogP contribution is -2.29. The van der Waals surface area contributed by atoms with Crippen LogP contribution >= 0.6 is 11.3 Å². The highest BCUT2D eigenvalue weighted by molar-refractivity contribution is 7.13. The summed E-state index contributed by atoms with van der Waals surface area (Å²) in [6.07, 6.45) is 3.24. The molecule has 0 bridgehead atoms. The Morgan fingerprint density at radius 3 is 2.75 bits per heavy atom. The number of aromatic nitrogens is 2. The molecular weight excluding hydrogens is 378 g/mol. The zero-order valence-corrected chi connectivity index (χ0v) is 15.5. The van der Waals surface area contributed by atoms with Crippen LogP contribution in [-0.4, -0.2) is 23.0 Å². The number of amides is 1. The predicted molar refractivity (Wildman–Crippen MR) is 104 cm³/mol. The minimum absolute atomic E-state index is 0.0107. The van der Waals surface area contributed by atoms with E-state index in [1.807, 2.05) is 6.07 Å². The first kappa shape index (κ1) is 16.6. The number of benzene rings is 1. The molecule has 0 radical (unpaired) electrons. The molecule has 8 heteroatoms. The van der Waals surface area contributed by atoms with Gasteiger partial charge < -0.3 is 9.15 Å². The molecule has 3 aromatic heterocycles. The van der Waals surface area contributed by atoms with Gasteiger partial charge in [0.2, 0.25) is 5.76 Å². The second-order valence-electron chi connectivity index (χ2n) is 6.18. The highest BCUT2D eigenvalue weighted by atomic mass is 32.1. The number of carbonyl (C=O) groups excluding carboxylic acids is 1. The average Bonchev–Trinajstić information content (AvgIpc) is 3.35. The largest absolute Gasteiger partial charge is 0.497 e. The molecule has 1 atom stereocenters. The van der Waals surface area contributed by atoms with Crippen molar-refractivity contribution in [2.45, 2.75) is 6.04 Å². The molecule has 1 amide bonds. The minimum Gasteiger partial charge on any atom is -0.497 e. The van der Waals surface area contributed by atoms with E-state index in [-0.39, 0.29) is 16.8 Å². The van der Waals surface area contributed by atoms with Crippen molar-refractivity contribution in [3.8, 4) is 5.75 Å². The summed E-state index contributed by atoms with van der Waals surface area (Å²) in [5.74, 6) is 0.137. The van der Waals surface area contributed by atoms with Gasteiger partial charge in [-0.25, -0.2) is 4.98 Å². The number of hydrogen-bond acceptors (Lipinski definition) is 7. The van der Waals surface area contributed by atoms with Crippen molar-refractivity contribution >= 4 is 33.3 Å². The van der Waals surface area contributed by atoms with Crippen molar-refractivity contribution < 1.29 is 13.9 Å². The van der Waals surface area contributed by atoms with Gasteiger partial charge in [0.1, 0.15) is 17.4 Å². The molecule has 7 nitrogen and oxygen atoms in total. The van der Waals surface area contributed by atoms with E-state index in [1.165, 1.54) is 23.3 Å². The number of fused-ring (bicyclic) bond motifs is 2. The molecule has 0 saturated heterocycles. The summed E-state index contributed by atoms with van der Waals surface area (Å²) in [7, 11) is 1.53. The second-order valence-corrected chi connectivity index (χ2v) is 7.06. The maximum Gasteiger partial charge on any atom is 0.297 e. The van der Waals surface area contributed by atoms with Crippen LogP contribution in [0.5, 0.6) is 5.75 Å². The molecule has 4 aromatic rings. The molecule has 0 fully saturated rings. The van der Waals surface area contributed by atoms with Crippen molar-refractivity contribution in [3.63, 3.8) is 0 Å². The van der Waals surface area contributed by atoms with E-state index < -0.39 is 11.9 Å². The van der Waals surface area contributed by atoms with Gasteiger partial charge in [-0.1, -0.05) is 6.07 Å². The van der Waals surface area contributed by atoms with Crippen molar-refractivity contribution in [2.75, 3.05) is 12.0 Å². The van der Waals surface area contributed by atoms with Gasteiger partial charge in [0.05, 0.1) is 23.8 Å². The Kier molecular flexibility index (Phi) is 3.73. The molecule has 1 aromatic carbocycles. The van der Waals surface area contributed by atoms with Gasteiger partial charge in [-0.2, -0.15) is 0 Å². The molecule has 0 spiro atoms. The summed E-state index contributed by atoms with van der Waals surface area (Å²) in [6, 6.07) is 9.63. The van der Waals surface area contributed by atoms with Gasteiger partial charge in [0.15, 0.2) is 10.6 Å². The number of hydrogen-bond donors (Lipinski definition) is 0. The van der Waals surface area contributed by atoms with Crippen molar-refractivity contribution in [3.05, 3.63) is 81.4 Å². The van der Waals surface area contributed by atoms with E-state index in [4.69, 9.17) is 9.15 Å². The molecule has 1 aliphatic heterocycles. The molecule has 0 aliphatic carbocycles. The molecule has 28 heavy (non-hydrogen) atoms. The van der Waals surface area contributed by atoms with Crippen LogP contribution in [0.25, 0.3) is 11.0 Å². The smallest absolute Gasteiger partial charge is 0.297 e. The normalized spacial score (nSPS) is 15.8. The minimum atomic E-state index is -0.697. The van der Waals surface area contributed by atoms with Crippen LogP contribution in [0.15, 0.2) is 63.4 Å². The van der Waals surface area contributed by atoms with Crippen LogP contribution in [-0.2, 0) is 0 Å². The zero-order valence-electron chi connectivity index (χ0n) is 14.7. The van der Waals surface area contributed by atoms with Gasteiger partial charge in [-0.05, 0) is 24.3 Å². The quantitative estimate of drug-likeness (QED) is 0.532. The number of rotatable bonds is 3. The summed E-state index contributed by atoms with van der Waals surface area (Å²) in [5.41, 5.74) is 0.890. The zero-order chi connectivity index (χ0) is 19.3. The van der Waals surface area contributed by atoms with Crippen LogP contribution < -0.4 is 15.1 Å². The molecular formula is C20H13N3O4S. The Bertz CT molecular complexity index is 1250. The third-order valence-corrected chi connectivity index (χ3v) is 5.44.